The topological polar surface area (TPSA) is 72.3 Å². The van der Waals surface area contributed by atoms with Crippen molar-refractivity contribution in [1.29, 1.82) is 0 Å². The first kappa shape index (κ1) is 13.8. The molecule has 0 saturated carbocycles. The minimum atomic E-state index is -1.04. The van der Waals surface area contributed by atoms with Gasteiger partial charge in [0.05, 0.1) is 10.6 Å². The first-order chi connectivity index (χ1) is 8.97. The van der Waals surface area contributed by atoms with E-state index in [1.807, 2.05) is 13.8 Å². The van der Waals surface area contributed by atoms with E-state index in [1.54, 1.807) is 0 Å². The van der Waals surface area contributed by atoms with Crippen LogP contribution < -0.4 is 4.74 Å². The Balaban J connectivity index is 2.20. The lowest BCUT2D eigenvalue weighted by atomic mass is 10.2. The van der Waals surface area contributed by atoms with Crippen molar-refractivity contribution in [2.75, 3.05) is 0 Å². The van der Waals surface area contributed by atoms with Gasteiger partial charge in [-0.15, -0.1) is 0 Å². The predicted molar refractivity (Wildman–Crippen MR) is 72.5 cm³/mol. The third-order valence-electron chi connectivity index (χ3n) is 2.32. The van der Waals surface area contributed by atoms with Gasteiger partial charge < -0.3 is 9.84 Å². The van der Waals surface area contributed by atoms with Crippen molar-refractivity contribution < 1.29 is 14.6 Å². The van der Waals surface area contributed by atoms with E-state index in [-0.39, 0.29) is 16.5 Å². The first-order valence-corrected chi connectivity index (χ1v) is 6.67. The zero-order chi connectivity index (χ0) is 14.0. The quantitative estimate of drug-likeness (QED) is 0.929. The molecule has 1 aromatic carbocycles. The van der Waals surface area contributed by atoms with Gasteiger partial charge in [0.15, 0.2) is 0 Å². The van der Waals surface area contributed by atoms with Gasteiger partial charge in [0.1, 0.15) is 11.6 Å². The Kier molecular flexibility index (Phi) is 4.01. The molecule has 0 amide bonds. The van der Waals surface area contributed by atoms with Crippen LogP contribution in [0.4, 0.5) is 0 Å². The molecule has 0 saturated heterocycles. The Bertz CT molecular complexity index is 613. The van der Waals surface area contributed by atoms with Gasteiger partial charge in [-0.25, -0.2) is 4.79 Å². The number of benzene rings is 1. The van der Waals surface area contributed by atoms with E-state index >= 15 is 0 Å². The first-order valence-electron chi connectivity index (χ1n) is 5.51. The third kappa shape index (κ3) is 3.21. The van der Waals surface area contributed by atoms with Crippen molar-refractivity contribution >= 4 is 29.1 Å². The maximum atomic E-state index is 10.8. The van der Waals surface area contributed by atoms with Gasteiger partial charge in [-0.3, -0.25) is 0 Å². The van der Waals surface area contributed by atoms with Crippen molar-refractivity contribution in [1.82, 2.24) is 9.36 Å². The van der Waals surface area contributed by atoms with Crippen LogP contribution in [0.15, 0.2) is 18.2 Å². The van der Waals surface area contributed by atoms with Gasteiger partial charge in [0.25, 0.3) is 5.19 Å². The van der Waals surface area contributed by atoms with Crippen LogP contribution >= 0.6 is 23.1 Å². The number of halogens is 1. The predicted octanol–water partition coefficient (Wildman–Crippen LogP) is 3.81. The zero-order valence-corrected chi connectivity index (χ0v) is 11.8. The van der Waals surface area contributed by atoms with Crippen LogP contribution in [0.5, 0.6) is 10.9 Å². The second kappa shape index (κ2) is 5.54. The molecule has 5 nitrogen and oxygen atoms in total. The highest BCUT2D eigenvalue weighted by Crippen LogP contribution is 2.31. The molecule has 1 N–H and O–H groups in total. The molecule has 19 heavy (non-hydrogen) atoms. The molecule has 1 aromatic heterocycles. The van der Waals surface area contributed by atoms with Crippen LogP contribution in [0.2, 0.25) is 5.02 Å². The standard InChI is InChI=1S/C12H11ClN2O3S/c1-6(2)10-14-12(19-15-10)18-9-4-3-7(11(16)17)5-8(9)13/h3-6H,1-2H3,(H,16,17). The molecule has 0 unspecified atom stereocenters. The number of aromatic nitrogens is 2. The summed E-state index contributed by atoms with van der Waals surface area (Å²) >= 11 is 7.09. The Morgan fingerprint density at radius 1 is 1.47 bits per heavy atom. The summed E-state index contributed by atoms with van der Waals surface area (Å²) in [6.07, 6.45) is 0. The van der Waals surface area contributed by atoms with E-state index < -0.39 is 5.97 Å². The summed E-state index contributed by atoms with van der Waals surface area (Å²) in [4.78, 5) is 15.0. The molecular weight excluding hydrogens is 288 g/mol. The Labute approximate surface area is 119 Å². The van der Waals surface area contributed by atoms with Crippen LogP contribution in [0.1, 0.15) is 35.9 Å². The zero-order valence-electron chi connectivity index (χ0n) is 10.3. The van der Waals surface area contributed by atoms with Gasteiger partial charge in [-0.1, -0.05) is 25.4 Å². The highest BCUT2D eigenvalue weighted by atomic mass is 35.5. The van der Waals surface area contributed by atoms with E-state index in [2.05, 4.69) is 9.36 Å². The molecular formula is C12H11ClN2O3S. The highest BCUT2D eigenvalue weighted by molar-refractivity contribution is 7.07. The van der Waals surface area contributed by atoms with Gasteiger partial charge in [0.2, 0.25) is 0 Å². The maximum Gasteiger partial charge on any atom is 0.335 e. The van der Waals surface area contributed by atoms with E-state index in [0.717, 1.165) is 11.5 Å². The summed E-state index contributed by atoms with van der Waals surface area (Å²) in [6.45, 7) is 3.97. The number of carboxylic acids is 1. The van der Waals surface area contributed by atoms with Crippen molar-refractivity contribution in [2.45, 2.75) is 19.8 Å². The van der Waals surface area contributed by atoms with E-state index in [0.29, 0.717) is 16.8 Å². The smallest absolute Gasteiger partial charge is 0.335 e. The van der Waals surface area contributed by atoms with Crippen LogP contribution in [-0.4, -0.2) is 20.4 Å². The highest BCUT2D eigenvalue weighted by Gasteiger charge is 2.12. The van der Waals surface area contributed by atoms with E-state index in [9.17, 15) is 4.79 Å². The van der Waals surface area contributed by atoms with Crippen LogP contribution in [0, 0.1) is 0 Å². The van der Waals surface area contributed by atoms with E-state index in [1.165, 1.54) is 18.2 Å². The Morgan fingerprint density at radius 2 is 2.21 bits per heavy atom. The summed E-state index contributed by atoms with van der Waals surface area (Å²) in [5.41, 5.74) is 0.109. The number of rotatable bonds is 4. The largest absolute Gasteiger partial charge is 0.478 e. The second-order valence-corrected chi connectivity index (χ2v) is 5.25. The fourth-order valence-electron chi connectivity index (χ4n) is 1.31. The van der Waals surface area contributed by atoms with Gasteiger partial charge in [0, 0.05) is 17.5 Å². The van der Waals surface area contributed by atoms with Crippen LogP contribution in [0.3, 0.4) is 0 Å². The monoisotopic (exact) mass is 298 g/mol. The third-order valence-corrected chi connectivity index (χ3v) is 3.22. The molecule has 0 aliphatic carbocycles. The number of aromatic carboxylic acids is 1. The van der Waals surface area contributed by atoms with Crippen LogP contribution in [0.25, 0.3) is 0 Å². The normalized spacial score (nSPS) is 10.7. The van der Waals surface area contributed by atoms with Gasteiger partial charge in [-0.2, -0.15) is 9.36 Å². The van der Waals surface area contributed by atoms with Crippen molar-refractivity contribution in [3.63, 3.8) is 0 Å². The second-order valence-electron chi connectivity index (χ2n) is 4.13. The molecule has 100 valence electrons. The lowest BCUT2D eigenvalue weighted by Crippen LogP contribution is -1.96. The molecule has 2 rings (SSSR count). The molecule has 0 aliphatic heterocycles. The van der Waals surface area contributed by atoms with E-state index in [4.69, 9.17) is 21.4 Å². The average molecular weight is 299 g/mol. The maximum absolute atomic E-state index is 10.8. The Morgan fingerprint density at radius 3 is 2.74 bits per heavy atom. The summed E-state index contributed by atoms with van der Waals surface area (Å²) in [5, 5.41) is 9.44. The fraction of sp³-hybridized carbons (Fsp3) is 0.250. The number of ether oxygens (including phenoxy) is 1. The lowest BCUT2D eigenvalue weighted by Gasteiger charge is -2.04. The van der Waals surface area contributed by atoms with Gasteiger partial charge in [-0.05, 0) is 18.2 Å². The van der Waals surface area contributed by atoms with Gasteiger partial charge >= 0.3 is 5.97 Å². The summed E-state index contributed by atoms with van der Waals surface area (Å²) in [6, 6.07) is 4.26. The molecule has 0 fully saturated rings. The minimum Gasteiger partial charge on any atom is -0.478 e. The van der Waals surface area contributed by atoms with Crippen molar-refractivity contribution in [3.05, 3.63) is 34.6 Å². The van der Waals surface area contributed by atoms with Crippen molar-refractivity contribution in [3.8, 4) is 10.9 Å². The summed E-state index contributed by atoms with van der Waals surface area (Å²) in [7, 11) is 0. The number of carboxylic acid groups (broad SMARTS) is 1. The minimum absolute atomic E-state index is 0.109. The van der Waals surface area contributed by atoms with Crippen LogP contribution in [-0.2, 0) is 0 Å². The fourth-order valence-corrected chi connectivity index (χ4v) is 2.21. The molecule has 0 atom stereocenters. The molecule has 0 spiro atoms. The lowest BCUT2D eigenvalue weighted by molar-refractivity contribution is 0.0697. The SMILES string of the molecule is CC(C)c1nsc(Oc2ccc(C(=O)O)cc2Cl)n1. The number of carbonyl (C=O) groups is 1. The molecule has 0 radical (unpaired) electrons. The molecule has 0 bridgehead atoms. The number of nitrogens with zero attached hydrogens (tertiary/aromatic N) is 2. The summed E-state index contributed by atoms with van der Waals surface area (Å²) in [5.74, 6) is 0.251. The summed E-state index contributed by atoms with van der Waals surface area (Å²) < 4.78 is 9.65. The van der Waals surface area contributed by atoms with Crippen molar-refractivity contribution in [2.24, 2.45) is 0 Å². The average Bonchev–Trinajstić information content (AvgIpc) is 2.80. The molecule has 1 heterocycles. The number of hydrogen-bond acceptors (Lipinski definition) is 5. The Hall–Kier alpha value is -1.66. The molecule has 0 aliphatic rings. The molecule has 2 aromatic rings. The molecule has 7 heteroatoms. The number of hydrogen-bond donors (Lipinski definition) is 1.